The SMILES string of the molecule is CC(=O)c1nn(CC(=O)N2[C@H]3C[C@@]4(COCCCCCCc5ccc(Br)nc5CC3=O)C[C@@H]24)c2ccc(-c3cnc(C)nc3)cc12. The third kappa shape index (κ3) is 5.90. The van der Waals surface area contributed by atoms with E-state index in [1.807, 2.05) is 31.2 Å². The minimum Gasteiger partial charge on any atom is -0.381 e. The summed E-state index contributed by atoms with van der Waals surface area (Å²) in [6, 6.07) is 9.08. The van der Waals surface area contributed by atoms with E-state index in [9.17, 15) is 14.4 Å². The lowest BCUT2D eigenvalue weighted by Crippen LogP contribution is -2.45. The number of carbonyl (C=O) groups is 3. The number of carbonyl (C=O) groups excluding carboxylic acids is 3. The van der Waals surface area contributed by atoms with Gasteiger partial charge in [-0.15, -0.1) is 0 Å². The lowest BCUT2D eigenvalue weighted by atomic mass is 9.94. The number of ketones is 2. The van der Waals surface area contributed by atoms with Gasteiger partial charge in [0.15, 0.2) is 11.6 Å². The Bertz CT molecular complexity index is 1840. The van der Waals surface area contributed by atoms with Crippen molar-refractivity contribution in [3.05, 3.63) is 70.1 Å². The van der Waals surface area contributed by atoms with E-state index in [1.165, 1.54) is 6.92 Å². The van der Waals surface area contributed by atoms with E-state index in [4.69, 9.17) is 9.72 Å². The maximum atomic E-state index is 14.2. The highest BCUT2D eigenvalue weighted by Gasteiger charge is 2.67. The number of benzene rings is 1. The molecule has 0 unspecified atom stereocenters. The maximum Gasteiger partial charge on any atom is 0.245 e. The van der Waals surface area contributed by atoms with Crippen LogP contribution in [0.25, 0.3) is 22.0 Å². The van der Waals surface area contributed by atoms with Crippen molar-refractivity contribution in [2.24, 2.45) is 5.41 Å². The second-order valence-corrected chi connectivity index (χ2v) is 13.8. The van der Waals surface area contributed by atoms with Crippen LogP contribution in [0.2, 0.25) is 0 Å². The number of halogens is 1. The molecule has 3 aromatic heterocycles. The predicted octanol–water partition coefficient (Wildman–Crippen LogP) is 5.47. The Morgan fingerprint density at radius 2 is 1.85 bits per heavy atom. The van der Waals surface area contributed by atoms with Crippen molar-refractivity contribution in [1.29, 1.82) is 0 Å². The van der Waals surface area contributed by atoms with Gasteiger partial charge in [-0.25, -0.2) is 15.0 Å². The van der Waals surface area contributed by atoms with Crippen LogP contribution in [-0.4, -0.2) is 72.4 Å². The standard InChI is InChI=1S/C35H37BrN6O4/c1-21(43)34-26-13-24(25-17-37-22(2)38-18-25)8-10-28(26)41(40-34)19-33(45)42-29-15-35(16-31(35)42)20-46-12-6-4-3-5-7-23-9-11-32(36)39-27(23)14-30(29)44/h8-11,13,17-18,29,31H,3-7,12,14-16,19-20H2,1-2H3/t29-,31+,35-/m0/s1. The molecule has 10 nitrogen and oxygen atoms in total. The average Bonchev–Trinajstić information content (AvgIpc) is 3.45. The Hall–Kier alpha value is -3.83. The van der Waals surface area contributed by atoms with E-state index in [2.05, 4.69) is 37.1 Å². The van der Waals surface area contributed by atoms with Gasteiger partial charge in [-0.05, 0) is 84.3 Å². The number of pyridine rings is 1. The summed E-state index contributed by atoms with van der Waals surface area (Å²) in [5, 5.41) is 5.28. The average molecular weight is 686 g/mol. The van der Waals surface area contributed by atoms with E-state index in [-0.39, 0.29) is 41.9 Å². The summed E-state index contributed by atoms with van der Waals surface area (Å²) in [6.07, 6.45) is 10.2. The molecule has 7 rings (SSSR count). The minimum absolute atomic E-state index is 0.00125. The highest BCUT2D eigenvalue weighted by Crippen LogP contribution is 2.60. The van der Waals surface area contributed by atoms with Crippen LogP contribution in [0.3, 0.4) is 0 Å². The van der Waals surface area contributed by atoms with Crippen molar-refractivity contribution < 1.29 is 19.1 Å². The fourth-order valence-electron chi connectivity index (χ4n) is 7.28. The Labute approximate surface area is 276 Å². The lowest BCUT2D eigenvalue weighted by molar-refractivity contribution is -0.139. The smallest absolute Gasteiger partial charge is 0.245 e. The molecule has 2 fully saturated rings. The van der Waals surface area contributed by atoms with Gasteiger partial charge in [0.1, 0.15) is 22.7 Å². The fourth-order valence-corrected chi connectivity index (χ4v) is 7.62. The van der Waals surface area contributed by atoms with Crippen molar-refractivity contribution in [1.82, 2.24) is 29.6 Å². The number of amides is 1. The molecule has 1 spiro atoms. The van der Waals surface area contributed by atoms with Crippen LogP contribution in [0.15, 0.2) is 47.3 Å². The molecule has 5 heterocycles. The van der Waals surface area contributed by atoms with Gasteiger partial charge in [0.2, 0.25) is 5.91 Å². The quantitative estimate of drug-likeness (QED) is 0.205. The number of ether oxygens (including phenoxy) is 1. The Morgan fingerprint density at radius 1 is 1.04 bits per heavy atom. The molecule has 238 valence electrons. The summed E-state index contributed by atoms with van der Waals surface area (Å²) < 4.78 is 8.46. The fraction of sp³-hybridized carbons (Fsp3) is 0.457. The minimum atomic E-state index is -0.559. The third-order valence-corrected chi connectivity index (χ3v) is 10.3. The second-order valence-electron chi connectivity index (χ2n) is 13.0. The molecule has 11 heteroatoms. The van der Waals surface area contributed by atoms with Gasteiger partial charge < -0.3 is 9.64 Å². The number of rotatable bonds is 4. The van der Waals surface area contributed by atoms with Crippen molar-refractivity contribution in [3.8, 4) is 11.1 Å². The Kier molecular flexibility index (Phi) is 8.31. The Morgan fingerprint density at radius 3 is 2.65 bits per heavy atom. The van der Waals surface area contributed by atoms with Crippen LogP contribution in [-0.2, 0) is 33.7 Å². The molecule has 3 atom stereocenters. The first-order valence-electron chi connectivity index (χ1n) is 16.1. The summed E-state index contributed by atoms with van der Waals surface area (Å²) in [5.41, 5.74) is 4.34. The molecule has 0 N–H and O–H groups in total. The van der Waals surface area contributed by atoms with Gasteiger partial charge in [0.25, 0.3) is 0 Å². The summed E-state index contributed by atoms with van der Waals surface area (Å²) in [7, 11) is 0. The van der Waals surface area contributed by atoms with Crippen molar-refractivity contribution in [2.45, 2.75) is 83.8 Å². The Balaban J connectivity index is 1.19. The molecule has 2 aliphatic heterocycles. The van der Waals surface area contributed by atoms with Gasteiger partial charge in [0, 0.05) is 48.3 Å². The van der Waals surface area contributed by atoms with Gasteiger partial charge >= 0.3 is 0 Å². The molecular weight excluding hydrogens is 648 g/mol. The molecule has 1 aliphatic carbocycles. The van der Waals surface area contributed by atoms with Crippen LogP contribution in [0, 0.1) is 12.3 Å². The van der Waals surface area contributed by atoms with Crippen LogP contribution in [0.5, 0.6) is 0 Å². The second kappa shape index (κ2) is 12.4. The molecule has 0 radical (unpaired) electrons. The first kappa shape index (κ1) is 30.8. The first-order valence-corrected chi connectivity index (χ1v) is 16.9. The van der Waals surface area contributed by atoms with Crippen molar-refractivity contribution >= 4 is 44.3 Å². The van der Waals surface area contributed by atoms with E-state index in [1.54, 1.807) is 22.0 Å². The number of Topliss-reactive ketones (excluding diaryl/α,β-unsaturated/α-hetero) is 2. The summed E-state index contributed by atoms with van der Waals surface area (Å²) in [6.45, 7) is 4.47. The summed E-state index contributed by atoms with van der Waals surface area (Å²) in [5.74, 6) is 0.308. The van der Waals surface area contributed by atoms with E-state index < -0.39 is 6.04 Å². The zero-order valence-electron chi connectivity index (χ0n) is 26.2. The molecule has 2 bridgehead atoms. The van der Waals surface area contributed by atoms with E-state index >= 15 is 0 Å². The highest BCUT2D eigenvalue weighted by atomic mass is 79.9. The zero-order valence-corrected chi connectivity index (χ0v) is 27.8. The van der Waals surface area contributed by atoms with Crippen molar-refractivity contribution in [2.75, 3.05) is 13.2 Å². The zero-order chi connectivity index (χ0) is 32.0. The molecule has 46 heavy (non-hydrogen) atoms. The van der Waals surface area contributed by atoms with E-state index in [0.717, 1.165) is 60.9 Å². The molecule has 1 saturated carbocycles. The predicted molar refractivity (Wildman–Crippen MR) is 175 cm³/mol. The summed E-state index contributed by atoms with van der Waals surface area (Å²) >= 11 is 3.49. The van der Waals surface area contributed by atoms with Crippen LogP contribution in [0.4, 0.5) is 0 Å². The molecular formula is C35H37BrN6O4. The number of aryl methyl sites for hydroxylation is 2. The lowest BCUT2D eigenvalue weighted by Gasteiger charge is -2.27. The van der Waals surface area contributed by atoms with Crippen LogP contribution >= 0.6 is 15.9 Å². The molecule has 4 aromatic rings. The van der Waals surface area contributed by atoms with E-state index in [0.29, 0.717) is 46.7 Å². The number of aromatic nitrogens is 5. The van der Waals surface area contributed by atoms with Crippen molar-refractivity contribution in [3.63, 3.8) is 0 Å². The normalized spacial score (nSPS) is 23.4. The molecule has 1 saturated heterocycles. The number of hydrogen-bond donors (Lipinski definition) is 0. The van der Waals surface area contributed by atoms with Crippen LogP contribution in [0.1, 0.15) is 73.0 Å². The number of piperidine rings is 1. The number of likely N-dealkylation sites (tertiary alicyclic amines) is 1. The third-order valence-electron chi connectivity index (χ3n) is 9.81. The number of fused-ring (bicyclic) bond motifs is 3. The summed E-state index contributed by atoms with van der Waals surface area (Å²) in [4.78, 5) is 56.0. The van der Waals surface area contributed by atoms with Gasteiger partial charge in [0.05, 0.1) is 30.3 Å². The monoisotopic (exact) mass is 684 g/mol. The topological polar surface area (TPSA) is 120 Å². The van der Waals surface area contributed by atoms with Gasteiger partial charge in [-0.3, -0.25) is 19.1 Å². The molecule has 3 aliphatic rings. The number of hydrogen-bond acceptors (Lipinski definition) is 8. The van der Waals surface area contributed by atoms with Crippen LogP contribution < -0.4 is 0 Å². The largest absolute Gasteiger partial charge is 0.381 e. The van der Waals surface area contributed by atoms with Gasteiger partial charge in [-0.2, -0.15) is 5.10 Å². The van der Waals surface area contributed by atoms with Gasteiger partial charge in [-0.1, -0.05) is 25.0 Å². The maximum absolute atomic E-state index is 14.2. The number of nitrogens with zero attached hydrogens (tertiary/aromatic N) is 6. The molecule has 1 aromatic carbocycles. The highest BCUT2D eigenvalue weighted by molar-refractivity contribution is 9.10. The molecule has 1 amide bonds. The first-order chi connectivity index (χ1) is 22.2.